The van der Waals surface area contributed by atoms with Crippen molar-refractivity contribution in [2.24, 2.45) is 5.73 Å². The smallest absolute Gasteiger partial charge is 0.0808 e. The van der Waals surface area contributed by atoms with E-state index in [2.05, 4.69) is 0 Å². The van der Waals surface area contributed by atoms with E-state index in [1.807, 2.05) is 0 Å². The van der Waals surface area contributed by atoms with Gasteiger partial charge < -0.3 is 15.2 Å². The van der Waals surface area contributed by atoms with E-state index >= 15 is 0 Å². The number of ether oxygens (including phenoxy) is 2. The first-order valence-electron chi connectivity index (χ1n) is 4.76. The van der Waals surface area contributed by atoms with E-state index in [0.29, 0.717) is 30.7 Å². The molecule has 0 bridgehead atoms. The lowest BCUT2D eigenvalue weighted by Gasteiger charge is -2.22. The average Bonchev–Trinajstić information content (AvgIpc) is 2.14. The molecule has 1 heterocycles. The lowest BCUT2D eigenvalue weighted by atomic mass is 10.1. The van der Waals surface area contributed by atoms with Crippen LogP contribution in [0.2, 0.25) is 0 Å². The van der Waals surface area contributed by atoms with Gasteiger partial charge in [0.25, 0.3) is 0 Å². The molecule has 1 saturated heterocycles. The molecule has 13 heavy (non-hydrogen) atoms. The van der Waals surface area contributed by atoms with Crippen molar-refractivity contribution in [2.75, 3.05) is 19.8 Å². The highest BCUT2D eigenvalue weighted by atomic mass is 32.1. The van der Waals surface area contributed by atoms with E-state index in [4.69, 9.17) is 27.4 Å². The molecule has 1 aliphatic rings. The normalized spacial score (nSPS) is 22.9. The van der Waals surface area contributed by atoms with Gasteiger partial charge in [-0.2, -0.15) is 0 Å². The summed E-state index contributed by atoms with van der Waals surface area (Å²) in [6, 6.07) is 0. The minimum absolute atomic E-state index is 0.292. The van der Waals surface area contributed by atoms with Crippen molar-refractivity contribution in [3.8, 4) is 0 Å². The van der Waals surface area contributed by atoms with E-state index < -0.39 is 0 Å². The number of hydrogen-bond acceptors (Lipinski definition) is 3. The van der Waals surface area contributed by atoms with Crippen LogP contribution in [0, 0.1) is 0 Å². The molecule has 0 saturated carbocycles. The fraction of sp³-hybridized carbons (Fsp3) is 0.889. The zero-order valence-corrected chi connectivity index (χ0v) is 8.65. The fourth-order valence-corrected chi connectivity index (χ4v) is 1.41. The molecule has 0 aliphatic carbocycles. The maximum Gasteiger partial charge on any atom is 0.0808 e. The van der Waals surface area contributed by atoms with E-state index in [-0.39, 0.29) is 0 Å². The Kier molecular flexibility index (Phi) is 5.27. The van der Waals surface area contributed by atoms with E-state index in [1.165, 1.54) is 12.8 Å². The van der Waals surface area contributed by atoms with Crippen LogP contribution < -0.4 is 5.73 Å². The SMILES string of the molecule is NC(=S)CCOCC1CCCCO1. The Morgan fingerprint density at radius 3 is 3.00 bits per heavy atom. The number of hydrogen-bond donors (Lipinski definition) is 1. The quantitative estimate of drug-likeness (QED) is 0.539. The van der Waals surface area contributed by atoms with Gasteiger partial charge in [-0.05, 0) is 19.3 Å². The maximum atomic E-state index is 5.50. The second kappa shape index (κ2) is 6.29. The summed E-state index contributed by atoms with van der Waals surface area (Å²) in [7, 11) is 0. The van der Waals surface area contributed by atoms with Crippen molar-refractivity contribution in [3.63, 3.8) is 0 Å². The predicted octanol–water partition coefficient (Wildman–Crippen LogP) is 1.25. The first kappa shape index (κ1) is 10.9. The zero-order valence-electron chi connectivity index (χ0n) is 7.83. The summed E-state index contributed by atoms with van der Waals surface area (Å²) in [4.78, 5) is 0.518. The van der Waals surface area contributed by atoms with Crippen molar-refractivity contribution >= 4 is 17.2 Å². The van der Waals surface area contributed by atoms with E-state index in [1.54, 1.807) is 0 Å². The summed E-state index contributed by atoms with van der Waals surface area (Å²) in [6.45, 7) is 2.18. The minimum atomic E-state index is 0.292. The molecule has 1 rings (SSSR count). The van der Waals surface area contributed by atoms with Crippen molar-refractivity contribution in [2.45, 2.75) is 31.8 Å². The molecule has 0 aromatic heterocycles. The highest BCUT2D eigenvalue weighted by Gasteiger charge is 2.13. The van der Waals surface area contributed by atoms with Gasteiger partial charge in [-0.15, -0.1) is 0 Å². The van der Waals surface area contributed by atoms with Gasteiger partial charge in [0.05, 0.1) is 24.3 Å². The fourth-order valence-electron chi connectivity index (χ4n) is 1.33. The first-order chi connectivity index (χ1) is 6.29. The molecular weight excluding hydrogens is 186 g/mol. The summed E-state index contributed by atoms with van der Waals surface area (Å²) < 4.78 is 10.9. The molecule has 3 nitrogen and oxygen atoms in total. The molecule has 4 heteroatoms. The van der Waals surface area contributed by atoms with Crippen molar-refractivity contribution < 1.29 is 9.47 Å². The van der Waals surface area contributed by atoms with Crippen LogP contribution in [-0.2, 0) is 9.47 Å². The summed E-state index contributed by atoms with van der Waals surface area (Å²) in [5.41, 5.74) is 5.33. The standard InChI is InChI=1S/C9H17NO2S/c10-9(13)4-6-11-7-8-3-1-2-5-12-8/h8H,1-7H2,(H2,10,13). The second-order valence-corrected chi connectivity index (χ2v) is 3.80. The summed E-state index contributed by atoms with van der Waals surface area (Å²) in [6.07, 6.45) is 4.52. The monoisotopic (exact) mass is 203 g/mol. The van der Waals surface area contributed by atoms with Gasteiger partial charge in [-0.3, -0.25) is 0 Å². The Labute approximate surface area is 84.6 Å². The van der Waals surface area contributed by atoms with Gasteiger partial charge in [0.2, 0.25) is 0 Å². The van der Waals surface area contributed by atoms with Crippen LogP contribution in [0.15, 0.2) is 0 Å². The molecule has 0 aromatic carbocycles. The Hall–Kier alpha value is -0.190. The minimum Gasteiger partial charge on any atom is -0.393 e. The van der Waals surface area contributed by atoms with Crippen LogP contribution in [0.25, 0.3) is 0 Å². The maximum absolute atomic E-state index is 5.50. The Morgan fingerprint density at radius 1 is 1.54 bits per heavy atom. The van der Waals surface area contributed by atoms with Gasteiger partial charge in [-0.25, -0.2) is 0 Å². The highest BCUT2D eigenvalue weighted by molar-refractivity contribution is 7.80. The highest BCUT2D eigenvalue weighted by Crippen LogP contribution is 2.12. The number of rotatable bonds is 5. The first-order valence-corrected chi connectivity index (χ1v) is 5.17. The molecule has 0 amide bonds. The van der Waals surface area contributed by atoms with Crippen LogP contribution in [0.1, 0.15) is 25.7 Å². The van der Waals surface area contributed by atoms with Gasteiger partial charge in [-0.1, -0.05) is 12.2 Å². The van der Waals surface area contributed by atoms with Crippen LogP contribution in [0.4, 0.5) is 0 Å². The van der Waals surface area contributed by atoms with E-state index in [0.717, 1.165) is 13.0 Å². The molecule has 1 unspecified atom stereocenters. The lowest BCUT2D eigenvalue weighted by Crippen LogP contribution is -2.25. The molecule has 1 atom stereocenters. The van der Waals surface area contributed by atoms with Crippen molar-refractivity contribution in [1.82, 2.24) is 0 Å². The van der Waals surface area contributed by atoms with Crippen LogP contribution in [0.3, 0.4) is 0 Å². The molecule has 1 fully saturated rings. The van der Waals surface area contributed by atoms with Gasteiger partial charge >= 0.3 is 0 Å². The van der Waals surface area contributed by atoms with Crippen molar-refractivity contribution in [3.05, 3.63) is 0 Å². The molecule has 76 valence electrons. The molecule has 1 aliphatic heterocycles. The summed E-state index contributed by atoms with van der Waals surface area (Å²) in [5.74, 6) is 0. The van der Waals surface area contributed by atoms with Crippen LogP contribution >= 0.6 is 12.2 Å². The Bertz CT molecular complexity index is 158. The molecule has 2 N–H and O–H groups in total. The second-order valence-electron chi connectivity index (χ2n) is 3.28. The van der Waals surface area contributed by atoms with Gasteiger partial charge in [0.15, 0.2) is 0 Å². The molecule has 0 spiro atoms. The number of thiocarbonyl (C=S) groups is 1. The van der Waals surface area contributed by atoms with Gasteiger partial charge in [0.1, 0.15) is 0 Å². The zero-order chi connectivity index (χ0) is 9.52. The topological polar surface area (TPSA) is 44.5 Å². The third-order valence-electron chi connectivity index (χ3n) is 2.07. The third-order valence-corrected chi connectivity index (χ3v) is 2.27. The van der Waals surface area contributed by atoms with Crippen LogP contribution in [0.5, 0.6) is 0 Å². The van der Waals surface area contributed by atoms with Crippen LogP contribution in [-0.4, -0.2) is 30.9 Å². The summed E-state index contributed by atoms with van der Waals surface area (Å²) in [5, 5.41) is 0. The Balaban J connectivity index is 1.95. The van der Waals surface area contributed by atoms with Gasteiger partial charge in [0, 0.05) is 13.0 Å². The molecular formula is C9H17NO2S. The Morgan fingerprint density at radius 2 is 2.38 bits per heavy atom. The number of nitrogens with two attached hydrogens (primary N) is 1. The lowest BCUT2D eigenvalue weighted by molar-refractivity contribution is -0.0393. The van der Waals surface area contributed by atoms with E-state index in [9.17, 15) is 0 Å². The average molecular weight is 203 g/mol. The largest absolute Gasteiger partial charge is 0.393 e. The molecule has 0 aromatic rings. The molecule has 0 radical (unpaired) electrons. The van der Waals surface area contributed by atoms with Crippen molar-refractivity contribution in [1.29, 1.82) is 0 Å². The summed E-state index contributed by atoms with van der Waals surface area (Å²) >= 11 is 4.73. The third kappa shape index (κ3) is 5.18. The predicted molar refractivity (Wildman–Crippen MR) is 55.8 cm³/mol.